The lowest BCUT2D eigenvalue weighted by Crippen LogP contribution is -2.46. The van der Waals surface area contributed by atoms with Gasteiger partial charge < -0.3 is 15.4 Å². The molecule has 142 valence electrons. The van der Waals surface area contributed by atoms with E-state index in [9.17, 15) is 0 Å². The van der Waals surface area contributed by atoms with Crippen LogP contribution in [0.15, 0.2) is 11.1 Å². The summed E-state index contributed by atoms with van der Waals surface area (Å²) in [4.78, 5) is 13.5. The second-order valence-corrected chi connectivity index (χ2v) is 7.41. The van der Waals surface area contributed by atoms with E-state index in [-0.39, 0.29) is 6.10 Å². The number of rotatable bonds is 4. The zero-order chi connectivity index (χ0) is 18.4. The van der Waals surface area contributed by atoms with Crippen LogP contribution in [-0.4, -0.2) is 46.3 Å². The van der Waals surface area contributed by atoms with E-state index >= 15 is 0 Å². The van der Waals surface area contributed by atoms with Gasteiger partial charge in [0, 0.05) is 24.0 Å². The van der Waals surface area contributed by atoms with Crippen molar-refractivity contribution >= 4 is 29.2 Å². The van der Waals surface area contributed by atoms with Crippen LogP contribution in [0.1, 0.15) is 49.9 Å². The van der Waals surface area contributed by atoms with Crippen LogP contribution in [-0.2, 0) is 4.74 Å². The topological polar surface area (TPSA) is 83.5 Å². The van der Waals surface area contributed by atoms with E-state index < -0.39 is 0 Å². The Kier molecular flexibility index (Phi) is 6.73. The maximum absolute atomic E-state index is 5.66. The summed E-state index contributed by atoms with van der Waals surface area (Å²) >= 11 is 5.47. The highest BCUT2D eigenvalue weighted by molar-refractivity contribution is 7.80. The molecule has 0 unspecified atom stereocenters. The number of hydrogen-bond acceptors (Lipinski definition) is 5. The van der Waals surface area contributed by atoms with E-state index in [2.05, 4.69) is 30.9 Å². The van der Waals surface area contributed by atoms with Crippen molar-refractivity contribution in [3.63, 3.8) is 0 Å². The number of guanidine groups is 1. The van der Waals surface area contributed by atoms with Crippen LogP contribution in [0, 0.1) is 13.8 Å². The molecule has 3 rings (SSSR count). The minimum absolute atomic E-state index is 0.171. The molecule has 0 aromatic carbocycles. The molecule has 2 fully saturated rings. The molecule has 2 aliphatic rings. The molecule has 1 aromatic rings. The van der Waals surface area contributed by atoms with Gasteiger partial charge in [0.25, 0.3) is 0 Å². The normalized spacial score (nSPS) is 21.0. The third kappa shape index (κ3) is 5.88. The average Bonchev–Trinajstić information content (AvgIpc) is 3.25. The molecule has 0 amide bonds. The molecule has 0 radical (unpaired) electrons. The molecule has 8 heteroatoms. The predicted molar refractivity (Wildman–Crippen MR) is 108 cm³/mol. The van der Waals surface area contributed by atoms with Crippen molar-refractivity contribution < 1.29 is 4.74 Å². The highest BCUT2D eigenvalue weighted by atomic mass is 32.1. The second-order valence-electron chi connectivity index (χ2n) is 7.00. The van der Waals surface area contributed by atoms with Crippen LogP contribution < -0.4 is 16.0 Å². The Morgan fingerprint density at radius 3 is 2.58 bits per heavy atom. The molecule has 0 bridgehead atoms. The number of nitrogens with zero attached hydrogens (tertiary/aromatic N) is 3. The molecule has 1 aromatic heterocycles. The molecule has 26 heavy (non-hydrogen) atoms. The monoisotopic (exact) mass is 376 g/mol. The summed E-state index contributed by atoms with van der Waals surface area (Å²) in [5.74, 6) is 1.07. The first-order valence-electron chi connectivity index (χ1n) is 9.41. The first-order valence-corrected chi connectivity index (χ1v) is 9.82. The van der Waals surface area contributed by atoms with Crippen LogP contribution in [0.3, 0.4) is 0 Å². The standard InChI is InChI=1S/C18H28N6OS/c1-12-10-13(2)21-17(20-12)23-16(19-11-15-8-5-9-25-15)24-18(26)22-14-6-3-4-7-14/h10,14-15H,3-9,11H2,1-2H3,(H3,19,20,21,22,23,24,26)/t15-/m1/s1. The van der Waals surface area contributed by atoms with Gasteiger partial charge in [-0.3, -0.25) is 5.32 Å². The fraction of sp³-hybridized carbons (Fsp3) is 0.667. The van der Waals surface area contributed by atoms with Crippen molar-refractivity contribution in [2.45, 2.75) is 64.5 Å². The fourth-order valence-corrected chi connectivity index (χ4v) is 3.64. The SMILES string of the molecule is Cc1cc(C)nc(NC(=NC[C@H]2CCCO2)NC(=S)NC2CCCC2)n1. The van der Waals surface area contributed by atoms with Crippen molar-refractivity contribution in [2.75, 3.05) is 18.5 Å². The van der Waals surface area contributed by atoms with Crippen molar-refractivity contribution in [3.8, 4) is 0 Å². The zero-order valence-electron chi connectivity index (χ0n) is 15.5. The van der Waals surface area contributed by atoms with Gasteiger partial charge in [-0.1, -0.05) is 12.8 Å². The molecule has 1 saturated heterocycles. The Balaban J connectivity index is 1.65. The molecule has 1 aliphatic heterocycles. The van der Waals surface area contributed by atoms with Crippen LogP contribution >= 0.6 is 12.2 Å². The maximum atomic E-state index is 5.66. The van der Waals surface area contributed by atoms with Gasteiger partial charge >= 0.3 is 0 Å². The molecular weight excluding hydrogens is 348 g/mol. The van der Waals surface area contributed by atoms with E-state index in [1.165, 1.54) is 12.8 Å². The van der Waals surface area contributed by atoms with Gasteiger partial charge in [-0.15, -0.1) is 0 Å². The van der Waals surface area contributed by atoms with E-state index in [1.54, 1.807) is 0 Å². The number of aliphatic imine (C=N–C) groups is 1. The van der Waals surface area contributed by atoms with E-state index in [1.807, 2.05) is 19.9 Å². The van der Waals surface area contributed by atoms with Crippen LogP contribution in [0.25, 0.3) is 0 Å². The summed E-state index contributed by atoms with van der Waals surface area (Å²) in [6.07, 6.45) is 7.16. The van der Waals surface area contributed by atoms with Crippen molar-refractivity contribution in [3.05, 3.63) is 17.5 Å². The van der Waals surface area contributed by atoms with E-state index in [4.69, 9.17) is 17.0 Å². The minimum Gasteiger partial charge on any atom is -0.376 e. The molecule has 3 N–H and O–H groups in total. The predicted octanol–water partition coefficient (Wildman–Crippen LogP) is 2.45. The Morgan fingerprint density at radius 2 is 1.92 bits per heavy atom. The summed E-state index contributed by atoms with van der Waals surface area (Å²) in [5.41, 5.74) is 1.82. The Morgan fingerprint density at radius 1 is 1.19 bits per heavy atom. The highest BCUT2D eigenvalue weighted by Gasteiger charge is 2.18. The number of aryl methyl sites for hydroxylation is 2. The van der Waals surface area contributed by atoms with Gasteiger partial charge in [-0.05, 0) is 57.8 Å². The molecule has 1 atom stereocenters. The smallest absolute Gasteiger partial charge is 0.229 e. The quantitative estimate of drug-likeness (QED) is 0.423. The number of aromatic nitrogens is 2. The molecule has 2 heterocycles. The van der Waals surface area contributed by atoms with Crippen LogP contribution in [0.4, 0.5) is 5.95 Å². The molecule has 0 spiro atoms. The van der Waals surface area contributed by atoms with Crippen LogP contribution in [0.2, 0.25) is 0 Å². The van der Waals surface area contributed by atoms with E-state index in [0.717, 1.165) is 43.7 Å². The van der Waals surface area contributed by atoms with Crippen LogP contribution in [0.5, 0.6) is 0 Å². The van der Waals surface area contributed by atoms with Gasteiger partial charge in [0.15, 0.2) is 5.11 Å². The molecular formula is C18H28N6OS. The molecule has 1 aliphatic carbocycles. The lowest BCUT2D eigenvalue weighted by Gasteiger charge is -2.18. The first-order chi connectivity index (χ1) is 12.6. The lowest BCUT2D eigenvalue weighted by atomic mass is 10.2. The lowest BCUT2D eigenvalue weighted by molar-refractivity contribution is 0.118. The summed E-state index contributed by atoms with van der Waals surface area (Å²) in [7, 11) is 0. The zero-order valence-corrected chi connectivity index (χ0v) is 16.4. The fourth-order valence-electron chi connectivity index (χ4n) is 3.38. The highest BCUT2D eigenvalue weighted by Crippen LogP contribution is 2.17. The Bertz CT molecular complexity index is 633. The minimum atomic E-state index is 0.171. The Labute approximate surface area is 160 Å². The summed E-state index contributed by atoms with van der Waals surface area (Å²) in [5, 5.41) is 10.3. The number of nitrogens with one attached hydrogen (secondary N) is 3. The number of ether oxygens (including phenoxy) is 1. The maximum Gasteiger partial charge on any atom is 0.229 e. The second kappa shape index (κ2) is 9.23. The Hall–Kier alpha value is -1.80. The van der Waals surface area contributed by atoms with Gasteiger partial charge in [-0.25, -0.2) is 15.0 Å². The van der Waals surface area contributed by atoms with Gasteiger partial charge in [0.1, 0.15) is 0 Å². The third-order valence-corrected chi connectivity index (χ3v) is 4.83. The van der Waals surface area contributed by atoms with Crippen molar-refractivity contribution in [1.29, 1.82) is 0 Å². The van der Waals surface area contributed by atoms with Crippen molar-refractivity contribution in [1.82, 2.24) is 20.6 Å². The van der Waals surface area contributed by atoms with Crippen molar-refractivity contribution in [2.24, 2.45) is 4.99 Å². The number of hydrogen-bond donors (Lipinski definition) is 3. The molecule has 1 saturated carbocycles. The number of anilines is 1. The first kappa shape index (κ1) is 19.0. The van der Waals surface area contributed by atoms with E-state index in [0.29, 0.717) is 29.6 Å². The summed E-state index contributed by atoms with van der Waals surface area (Å²) in [6.45, 7) is 5.30. The number of thiocarbonyl (C=S) groups is 1. The largest absolute Gasteiger partial charge is 0.376 e. The average molecular weight is 377 g/mol. The molecule has 7 nitrogen and oxygen atoms in total. The summed E-state index contributed by atoms with van der Waals surface area (Å²) in [6, 6.07) is 2.39. The van der Waals surface area contributed by atoms with Gasteiger partial charge in [-0.2, -0.15) is 0 Å². The summed E-state index contributed by atoms with van der Waals surface area (Å²) < 4.78 is 5.66. The van der Waals surface area contributed by atoms with Gasteiger partial charge in [0.2, 0.25) is 11.9 Å². The van der Waals surface area contributed by atoms with Gasteiger partial charge in [0.05, 0.1) is 12.6 Å². The third-order valence-electron chi connectivity index (χ3n) is 4.61.